The van der Waals surface area contributed by atoms with E-state index < -0.39 is 0 Å². The molecule has 1 aromatic carbocycles. The molecule has 0 nitrogen and oxygen atoms in total. The molecule has 35 heavy (non-hydrogen) atoms. The largest absolute Gasteiger partial charge is 0.106 e. The molecule has 0 aromatic heterocycles. The Morgan fingerprint density at radius 2 is 1.57 bits per heavy atom. The summed E-state index contributed by atoms with van der Waals surface area (Å²) in [5.74, 6) is 0. The van der Waals surface area contributed by atoms with E-state index in [9.17, 15) is 0 Å². The van der Waals surface area contributed by atoms with Crippen LogP contribution in [0.1, 0.15) is 88.0 Å². The Morgan fingerprint density at radius 1 is 0.914 bits per heavy atom. The van der Waals surface area contributed by atoms with Crippen LogP contribution < -0.4 is 0 Å². The van der Waals surface area contributed by atoms with E-state index in [1.807, 2.05) is 12.2 Å². The second-order valence-electron chi connectivity index (χ2n) is 9.77. The topological polar surface area (TPSA) is 0 Å². The van der Waals surface area contributed by atoms with E-state index >= 15 is 0 Å². The lowest BCUT2D eigenvalue weighted by atomic mass is 9.69. The van der Waals surface area contributed by atoms with Gasteiger partial charge in [0.1, 0.15) is 0 Å². The fourth-order valence-electron chi connectivity index (χ4n) is 5.83. The van der Waals surface area contributed by atoms with Crippen molar-refractivity contribution in [2.75, 3.05) is 0 Å². The lowest BCUT2D eigenvalue weighted by molar-refractivity contribution is 0.373. The molecule has 186 valence electrons. The van der Waals surface area contributed by atoms with E-state index in [0.717, 1.165) is 6.42 Å². The maximum atomic E-state index is 3.91. The lowest BCUT2D eigenvalue weighted by Crippen LogP contribution is -2.26. The maximum absolute atomic E-state index is 3.91. The van der Waals surface area contributed by atoms with Gasteiger partial charge in [0, 0.05) is 5.41 Å². The molecule has 0 aliphatic heterocycles. The Balaban J connectivity index is 0.00000210. The molecular weight excluding hydrogens is 420 g/mol. The normalized spacial score (nSPS) is 20.3. The zero-order valence-corrected chi connectivity index (χ0v) is 22.8. The van der Waals surface area contributed by atoms with Gasteiger partial charge in [-0.25, -0.2) is 0 Å². The van der Waals surface area contributed by atoms with E-state index in [0.29, 0.717) is 0 Å². The highest BCUT2D eigenvalue weighted by Crippen LogP contribution is 2.57. The number of benzene rings is 1. The Labute approximate surface area is 215 Å². The zero-order valence-electron chi connectivity index (χ0n) is 22.8. The van der Waals surface area contributed by atoms with Crippen LogP contribution in [0, 0.1) is 6.92 Å². The third-order valence-corrected chi connectivity index (χ3v) is 7.50. The molecule has 0 atom stereocenters. The van der Waals surface area contributed by atoms with Crippen molar-refractivity contribution >= 4 is 5.57 Å². The van der Waals surface area contributed by atoms with Crippen LogP contribution in [-0.2, 0) is 11.8 Å². The van der Waals surface area contributed by atoms with Gasteiger partial charge < -0.3 is 0 Å². The molecule has 0 unspecified atom stereocenters. The third-order valence-electron chi connectivity index (χ3n) is 7.50. The number of hydrogen-bond acceptors (Lipinski definition) is 0. The number of fused-ring (bicyclic) bond motifs is 2. The summed E-state index contributed by atoms with van der Waals surface area (Å²) in [5, 5.41) is 0. The van der Waals surface area contributed by atoms with Gasteiger partial charge in [-0.2, -0.15) is 0 Å². The van der Waals surface area contributed by atoms with Crippen LogP contribution in [0.5, 0.6) is 0 Å². The van der Waals surface area contributed by atoms with Crippen LogP contribution in [0.4, 0.5) is 0 Å². The van der Waals surface area contributed by atoms with Crippen molar-refractivity contribution in [3.05, 3.63) is 126 Å². The molecule has 1 saturated carbocycles. The van der Waals surface area contributed by atoms with Gasteiger partial charge in [-0.3, -0.25) is 0 Å². The predicted molar refractivity (Wildman–Crippen MR) is 159 cm³/mol. The molecule has 1 aromatic rings. The molecule has 1 fully saturated rings. The number of allylic oxidation sites excluding steroid dienone is 12. The highest BCUT2D eigenvalue weighted by molar-refractivity contribution is 5.93. The summed E-state index contributed by atoms with van der Waals surface area (Å²) in [6, 6.07) is 4.82. The predicted octanol–water partition coefficient (Wildman–Crippen LogP) is 10.5. The summed E-state index contributed by atoms with van der Waals surface area (Å²) >= 11 is 0. The van der Waals surface area contributed by atoms with E-state index in [4.69, 9.17) is 0 Å². The quantitative estimate of drug-likeness (QED) is 0.289. The fourth-order valence-corrected chi connectivity index (χ4v) is 5.83. The minimum Gasteiger partial charge on any atom is -0.106 e. The Kier molecular flexibility index (Phi) is 11.3. The van der Waals surface area contributed by atoms with Gasteiger partial charge in [0.25, 0.3) is 0 Å². The lowest BCUT2D eigenvalue weighted by Gasteiger charge is -2.34. The van der Waals surface area contributed by atoms with Gasteiger partial charge in [-0.05, 0) is 73.4 Å². The summed E-state index contributed by atoms with van der Waals surface area (Å²) in [6.45, 7) is 22.7. The molecule has 0 N–H and O–H groups in total. The van der Waals surface area contributed by atoms with E-state index in [-0.39, 0.29) is 5.41 Å². The van der Waals surface area contributed by atoms with Crippen molar-refractivity contribution < 1.29 is 0 Å². The van der Waals surface area contributed by atoms with Crippen molar-refractivity contribution in [2.24, 2.45) is 0 Å². The Bertz CT molecular complexity index is 1040. The molecule has 2 aliphatic carbocycles. The van der Waals surface area contributed by atoms with Crippen molar-refractivity contribution in [1.29, 1.82) is 0 Å². The second-order valence-corrected chi connectivity index (χ2v) is 9.77. The molecule has 0 heterocycles. The summed E-state index contributed by atoms with van der Waals surface area (Å²) in [7, 11) is 0. The van der Waals surface area contributed by atoms with Crippen LogP contribution in [0.3, 0.4) is 0 Å². The van der Waals surface area contributed by atoms with E-state index in [1.54, 1.807) is 5.56 Å². The van der Waals surface area contributed by atoms with Crippen LogP contribution in [0.15, 0.2) is 104 Å². The van der Waals surface area contributed by atoms with E-state index in [1.165, 1.54) is 83.9 Å². The molecule has 2 aliphatic rings. The molecule has 0 bridgehead atoms. The average molecular weight is 467 g/mol. The molecule has 0 amide bonds. The summed E-state index contributed by atoms with van der Waals surface area (Å²) in [6.07, 6.45) is 27.6. The summed E-state index contributed by atoms with van der Waals surface area (Å²) in [5.41, 5.74) is 11.5. The number of hydrogen-bond donors (Lipinski definition) is 0. The van der Waals surface area contributed by atoms with Gasteiger partial charge in [-0.1, -0.05) is 124 Å². The smallest absolute Gasteiger partial charge is 0.0215 e. The highest BCUT2D eigenvalue weighted by Gasteiger charge is 2.45. The average Bonchev–Trinajstić information content (AvgIpc) is 3.10. The molecule has 1 spiro atoms. The van der Waals surface area contributed by atoms with Crippen LogP contribution in [0.25, 0.3) is 5.57 Å². The summed E-state index contributed by atoms with van der Waals surface area (Å²) in [4.78, 5) is 0. The third kappa shape index (κ3) is 6.43. The van der Waals surface area contributed by atoms with Gasteiger partial charge in [0.2, 0.25) is 0 Å². The molecule has 3 rings (SSSR count). The number of aryl methyl sites for hydroxylation is 1. The minimum atomic E-state index is 0.124. The molecule has 0 heteroatoms. The molecule has 0 saturated heterocycles. The fraction of sp³-hybridized carbons (Fsp3) is 0.371. The first kappa shape index (κ1) is 28.4. The Hall–Kier alpha value is -2.86. The SMILES string of the molecule is C=C.C=C/C=C/C=C1/C(=C\C=C(C)\C=C(/C)C=C)c2c(ccc(C)c2CC)C12CCCCCCC2. The summed E-state index contributed by atoms with van der Waals surface area (Å²) < 4.78 is 0. The Morgan fingerprint density at radius 3 is 2.17 bits per heavy atom. The van der Waals surface area contributed by atoms with Gasteiger partial charge in [0.05, 0.1) is 0 Å². The van der Waals surface area contributed by atoms with Crippen LogP contribution >= 0.6 is 0 Å². The first-order chi connectivity index (χ1) is 17.0. The van der Waals surface area contributed by atoms with Gasteiger partial charge in [0.15, 0.2) is 0 Å². The van der Waals surface area contributed by atoms with Crippen LogP contribution in [0.2, 0.25) is 0 Å². The van der Waals surface area contributed by atoms with Crippen molar-refractivity contribution in [3.63, 3.8) is 0 Å². The van der Waals surface area contributed by atoms with Crippen molar-refractivity contribution in [1.82, 2.24) is 0 Å². The first-order valence-electron chi connectivity index (χ1n) is 13.3. The van der Waals surface area contributed by atoms with Gasteiger partial charge >= 0.3 is 0 Å². The standard InChI is InChI=1S/C33H42.C2H4/c1-7-10-14-17-30-29(20-18-26(5)24-25(4)8-2)32-28(9-3)27(6)19-21-31(32)33(30)22-15-12-11-13-16-23-33;1-2/h7-8,10,14,17-21,24H,1-2,9,11-13,15-16,22-23H2,3-6H3;1-2H2/b14-10+,25-24+,26-18+,29-20+,30-17-;. The van der Waals surface area contributed by atoms with Crippen molar-refractivity contribution in [3.8, 4) is 0 Å². The van der Waals surface area contributed by atoms with Crippen molar-refractivity contribution in [2.45, 2.75) is 84.5 Å². The zero-order chi connectivity index (χ0) is 25.8. The first-order valence-corrected chi connectivity index (χ1v) is 13.3. The maximum Gasteiger partial charge on any atom is 0.0215 e. The second kappa shape index (κ2) is 13.9. The minimum absolute atomic E-state index is 0.124. The highest BCUT2D eigenvalue weighted by atomic mass is 14.5. The molecular formula is C35H46. The van der Waals surface area contributed by atoms with E-state index in [2.05, 4.69) is 103 Å². The van der Waals surface area contributed by atoms with Gasteiger partial charge in [-0.15, -0.1) is 13.2 Å². The number of rotatable bonds is 6. The molecule has 0 radical (unpaired) electrons. The van der Waals surface area contributed by atoms with Crippen LogP contribution in [-0.4, -0.2) is 0 Å². The monoisotopic (exact) mass is 466 g/mol.